The van der Waals surface area contributed by atoms with E-state index in [-0.39, 0.29) is 31.1 Å². The zero-order valence-electron chi connectivity index (χ0n) is 39.5. The zero-order chi connectivity index (χ0) is 42.4. The van der Waals surface area contributed by atoms with Crippen LogP contribution in [0.2, 0.25) is 0 Å². The van der Waals surface area contributed by atoms with Gasteiger partial charge in [-0.15, -0.1) is 0 Å². The van der Waals surface area contributed by atoms with Gasteiger partial charge in [-0.3, -0.25) is 14.4 Å². The minimum absolute atomic E-state index is 0.0627. The van der Waals surface area contributed by atoms with E-state index in [2.05, 4.69) is 27.7 Å². The lowest BCUT2D eigenvalue weighted by atomic mass is 10.0. The number of hydrogen-bond acceptors (Lipinski definition) is 6. The fourth-order valence-electron chi connectivity index (χ4n) is 7.86. The molecule has 0 aromatic carbocycles. The van der Waals surface area contributed by atoms with E-state index in [0.717, 1.165) is 63.7 Å². The molecule has 0 aliphatic heterocycles. The second-order valence-corrected chi connectivity index (χ2v) is 18.3. The summed E-state index contributed by atoms with van der Waals surface area (Å²) in [6.45, 7) is 9.02. The van der Waals surface area contributed by atoms with Gasteiger partial charge >= 0.3 is 17.9 Å². The smallest absolute Gasteiger partial charge is 0.306 e. The summed E-state index contributed by atoms with van der Waals surface area (Å²) in [6.07, 6.45) is 48.0. The molecule has 0 aromatic rings. The zero-order valence-corrected chi connectivity index (χ0v) is 39.5. The van der Waals surface area contributed by atoms with Gasteiger partial charge < -0.3 is 14.2 Å². The molecule has 0 heterocycles. The quantitative estimate of drug-likeness (QED) is 0.0346. The summed E-state index contributed by atoms with van der Waals surface area (Å²) in [4.78, 5) is 37.9. The van der Waals surface area contributed by atoms with Crippen molar-refractivity contribution in [2.45, 2.75) is 297 Å². The maximum atomic E-state index is 12.8. The van der Waals surface area contributed by atoms with Crippen LogP contribution in [-0.2, 0) is 28.6 Å². The maximum Gasteiger partial charge on any atom is 0.306 e. The third kappa shape index (κ3) is 45.5. The summed E-state index contributed by atoms with van der Waals surface area (Å²) in [7, 11) is 0. The van der Waals surface area contributed by atoms with Crippen molar-refractivity contribution < 1.29 is 28.6 Å². The van der Waals surface area contributed by atoms with Crippen LogP contribution in [-0.4, -0.2) is 37.2 Å². The Morgan fingerprint density at radius 2 is 0.569 bits per heavy atom. The molecule has 6 nitrogen and oxygen atoms in total. The molecular weight excluding hydrogens is 721 g/mol. The summed E-state index contributed by atoms with van der Waals surface area (Å²) in [5, 5.41) is 0. The number of unbranched alkanes of at least 4 members (excludes halogenated alkanes) is 34. The minimum atomic E-state index is -0.760. The highest BCUT2D eigenvalue weighted by Crippen LogP contribution is 2.17. The van der Waals surface area contributed by atoms with E-state index in [0.29, 0.717) is 19.3 Å². The molecule has 344 valence electrons. The van der Waals surface area contributed by atoms with Crippen molar-refractivity contribution in [3.63, 3.8) is 0 Å². The van der Waals surface area contributed by atoms with E-state index >= 15 is 0 Å². The predicted molar refractivity (Wildman–Crippen MR) is 247 cm³/mol. The Hall–Kier alpha value is -1.59. The van der Waals surface area contributed by atoms with E-state index < -0.39 is 6.10 Å². The first-order valence-corrected chi connectivity index (χ1v) is 25.9. The molecule has 0 N–H and O–H groups in total. The molecule has 0 spiro atoms. The van der Waals surface area contributed by atoms with Crippen LogP contribution >= 0.6 is 0 Å². The van der Waals surface area contributed by atoms with Crippen LogP contribution in [0.1, 0.15) is 291 Å². The molecule has 0 aromatic heterocycles. The molecule has 0 aliphatic carbocycles. The van der Waals surface area contributed by atoms with E-state index in [1.165, 1.54) is 186 Å². The van der Waals surface area contributed by atoms with Gasteiger partial charge in [0.05, 0.1) is 0 Å². The van der Waals surface area contributed by atoms with Gasteiger partial charge in [-0.1, -0.05) is 252 Å². The van der Waals surface area contributed by atoms with Gasteiger partial charge in [0, 0.05) is 19.3 Å². The van der Waals surface area contributed by atoms with Crippen LogP contribution in [0.3, 0.4) is 0 Å². The standard InChI is InChI=1S/C52H100O6/c1-5-7-9-11-13-15-17-18-19-20-24-28-32-36-40-44-51(54)57-47-49(46-56-50(53)43-39-35-31-27-16-14-12-10-8-6-2)58-52(55)45-41-37-33-29-25-22-21-23-26-30-34-38-42-48(3)4/h48-49H,5-47H2,1-4H3/t49-/m0/s1. The number of hydrogen-bond donors (Lipinski definition) is 0. The first-order chi connectivity index (χ1) is 28.4. The molecule has 0 bridgehead atoms. The topological polar surface area (TPSA) is 78.9 Å². The molecule has 0 saturated heterocycles. The van der Waals surface area contributed by atoms with Crippen molar-refractivity contribution in [3.8, 4) is 0 Å². The lowest BCUT2D eigenvalue weighted by Gasteiger charge is -2.18. The lowest BCUT2D eigenvalue weighted by Crippen LogP contribution is -2.30. The van der Waals surface area contributed by atoms with Crippen molar-refractivity contribution in [2.24, 2.45) is 5.92 Å². The average Bonchev–Trinajstić information content (AvgIpc) is 3.21. The summed E-state index contributed by atoms with van der Waals surface area (Å²) in [5.74, 6) is -0.0132. The van der Waals surface area contributed by atoms with Gasteiger partial charge in [-0.2, -0.15) is 0 Å². The highest BCUT2D eigenvalue weighted by Gasteiger charge is 2.19. The Balaban J connectivity index is 4.29. The van der Waals surface area contributed by atoms with Crippen LogP contribution < -0.4 is 0 Å². The summed E-state index contributed by atoms with van der Waals surface area (Å²) >= 11 is 0. The molecule has 0 radical (unpaired) electrons. The highest BCUT2D eigenvalue weighted by molar-refractivity contribution is 5.71. The molecule has 58 heavy (non-hydrogen) atoms. The van der Waals surface area contributed by atoms with Gasteiger partial charge in [0.1, 0.15) is 13.2 Å². The van der Waals surface area contributed by atoms with E-state index in [4.69, 9.17) is 14.2 Å². The second kappa shape index (κ2) is 46.5. The summed E-state index contributed by atoms with van der Waals surface area (Å²) < 4.78 is 16.8. The number of carbonyl (C=O) groups excluding carboxylic acids is 3. The molecule has 0 unspecified atom stereocenters. The molecule has 0 aliphatic rings. The first-order valence-electron chi connectivity index (χ1n) is 25.9. The predicted octanol–water partition coefficient (Wildman–Crippen LogP) is 16.7. The van der Waals surface area contributed by atoms with Crippen LogP contribution in [0.25, 0.3) is 0 Å². The van der Waals surface area contributed by atoms with E-state index in [9.17, 15) is 14.4 Å². The molecule has 0 amide bonds. The molecule has 0 rings (SSSR count). The van der Waals surface area contributed by atoms with Gasteiger partial charge in [-0.05, 0) is 25.2 Å². The average molecular weight is 821 g/mol. The first kappa shape index (κ1) is 56.4. The largest absolute Gasteiger partial charge is 0.462 e. The van der Waals surface area contributed by atoms with Gasteiger partial charge in [0.15, 0.2) is 6.10 Å². The number of rotatable bonds is 47. The van der Waals surface area contributed by atoms with Crippen molar-refractivity contribution in [1.29, 1.82) is 0 Å². The number of esters is 3. The molecular formula is C52H100O6. The van der Waals surface area contributed by atoms with Crippen LogP contribution in [0, 0.1) is 5.92 Å². The van der Waals surface area contributed by atoms with Crippen molar-refractivity contribution in [1.82, 2.24) is 0 Å². The lowest BCUT2D eigenvalue weighted by molar-refractivity contribution is -0.167. The van der Waals surface area contributed by atoms with Crippen LogP contribution in [0.5, 0.6) is 0 Å². The molecule has 0 saturated carbocycles. The van der Waals surface area contributed by atoms with Crippen molar-refractivity contribution >= 4 is 17.9 Å². The van der Waals surface area contributed by atoms with Gasteiger partial charge in [0.2, 0.25) is 0 Å². The van der Waals surface area contributed by atoms with Crippen molar-refractivity contribution in [3.05, 3.63) is 0 Å². The fraction of sp³-hybridized carbons (Fsp3) is 0.942. The summed E-state index contributed by atoms with van der Waals surface area (Å²) in [6, 6.07) is 0. The molecule has 1 atom stereocenters. The normalized spacial score (nSPS) is 11.9. The molecule has 6 heteroatoms. The third-order valence-corrected chi connectivity index (χ3v) is 11.8. The Bertz CT molecular complexity index is 872. The Kier molecular flexibility index (Phi) is 45.2. The second-order valence-electron chi connectivity index (χ2n) is 18.3. The molecule has 0 fully saturated rings. The fourth-order valence-corrected chi connectivity index (χ4v) is 7.86. The Morgan fingerprint density at radius 1 is 0.328 bits per heavy atom. The third-order valence-electron chi connectivity index (χ3n) is 11.8. The van der Waals surface area contributed by atoms with Crippen LogP contribution in [0.4, 0.5) is 0 Å². The van der Waals surface area contributed by atoms with Gasteiger partial charge in [0.25, 0.3) is 0 Å². The van der Waals surface area contributed by atoms with Crippen molar-refractivity contribution in [2.75, 3.05) is 13.2 Å². The number of ether oxygens (including phenoxy) is 3. The van der Waals surface area contributed by atoms with E-state index in [1.807, 2.05) is 0 Å². The monoisotopic (exact) mass is 821 g/mol. The SMILES string of the molecule is CCCCCCCCCCCCCCCCCC(=O)OC[C@H](COC(=O)CCCCCCCCCCCC)OC(=O)CCCCCCCCCCCCCCC(C)C. The Labute approximate surface area is 361 Å². The van der Waals surface area contributed by atoms with Crippen LogP contribution in [0.15, 0.2) is 0 Å². The van der Waals surface area contributed by atoms with Gasteiger partial charge in [-0.25, -0.2) is 0 Å². The highest BCUT2D eigenvalue weighted by atomic mass is 16.6. The Morgan fingerprint density at radius 3 is 0.845 bits per heavy atom. The minimum Gasteiger partial charge on any atom is -0.462 e. The maximum absolute atomic E-state index is 12.8. The van der Waals surface area contributed by atoms with E-state index in [1.54, 1.807) is 0 Å². The number of carbonyl (C=O) groups is 3. The summed E-state index contributed by atoms with van der Waals surface area (Å²) in [5.41, 5.74) is 0.